The molecule has 0 saturated carbocycles. The summed E-state index contributed by atoms with van der Waals surface area (Å²) >= 11 is 0. The highest BCUT2D eigenvalue weighted by molar-refractivity contribution is 6.14. The monoisotopic (exact) mass is 358 g/mol. The molecule has 0 N–H and O–H groups in total. The maximum Gasteiger partial charge on any atom is -0.00266 e. The molecule has 4 aromatic rings. The first-order valence-electron chi connectivity index (χ1n) is 10.3. The van der Waals surface area contributed by atoms with Crippen LogP contribution in [0.3, 0.4) is 0 Å². The summed E-state index contributed by atoms with van der Waals surface area (Å²) < 4.78 is 0. The molecule has 0 heterocycles. The van der Waals surface area contributed by atoms with Gasteiger partial charge in [0.05, 0.1) is 0 Å². The van der Waals surface area contributed by atoms with Gasteiger partial charge in [-0.1, -0.05) is 120 Å². The van der Waals surface area contributed by atoms with Crippen LogP contribution in [0.15, 0.2) is 78.9 Å². The van der Waals surface area contributed by atoms with E-state index < -0.39 is 0 Å². The predicted molar refractivity (Wildman–Crippen MR) is 126 cm³/mol. The SMILES string of the molecule is CC.CC.CC.Cc1c2ccccc2c(-c2ccccc2)c2ccccc12. The van der Waals surface area contributed by atoms with E-state index in [-0.39, 0.29) is 0 Å². The minimum absolute atomic E-state index is 1.28. The van der Waals surface area contributed by atoms with E-state index in [1.54, 1.807) is 0 Å². The summed E-state index contributed by atoms with van der Waals surface area (Å²) in [5.74, 6) is 0. The summed E-state index contributed by atoms with van der Waals surface area (Å²) in [5.41, 5.74) is 3.98. The highest BCUT2D eigenvalue weighted by atomic mass is 14.1. The van der Waals surface area contributed by atoms with Gasteiger partial charge in [0.2, 0.25) is 0 Å². The molecule has 4 aromatic carbocycles. The molecule has 0 amide bonds. The molecular weight excluding hydrogens is 324 g/mol. The average molecular weight is 359 g/mol. The first-order valence-corrected chi connectivity index (χ1v) is 10.3. The number of hydrogen-bond donors (Lipinski definition) is 0. The molecule has 0 unspecified atom stereocenters. The molecule has 0 radical (unpaired) electrons. The molecule has 0 heteroatoms. The van der Waals surface area contributed by atoms with Crippen LogP contribution in [0, 0.1) is 6.92 Å². The smallest absolute Gasteiger partial charge is 0.00266 e. The normalized spacial score (nSPS) is 9.30. The van der Waals surface area contributed by atoms with Gasteiger partial charge in [-0.25, -0.2) is 0 Å². The van der Waals surface area contributed by atoms with E-state index in [9.17, 15) is 0 Å². The van der Waals surface area contributed by atoms with Crippen molar-refractivity contribution in [2.24, 2.45) is 0 Å². The van der Waals surface area contributed by atoms with Gasteiger partial charge in [-0.3, -0.25) is 0 Å². The molecular formula is C27H34. The summed E-state index contributed by atoms with van der Waals surface area (Å²) in [6, 6.07) is 28.1. The van der Waals surface area contributed by atoms with Gasteiger partial charge in [-0.15, -0.1) is 0 Å². The van der Waals surface area contributed by atoms with Crippen LogP contribution in [0.4, 0.5) is 0 Å². The van der Waals surface area contributed by atoms with E-state index in [2.05, 4.69) is 85.8 Å². The molecule has 4 rings (SSSR count). The average Bonchev–Trinajstić information content (AvgIpc) is 2.79. The van der Waals surface area contributed by atoms with E-state index in [0.717, 1.165) is 0 Å². The van der Waals surface area contributed by atoms with Crippen LogP contribution in [0.25, 0.3) is 32.7 Å². The van der Waals surface area contributed by atoms with Crippen LogP contribution in [0.2, 0.25) is 0 Å². The molecule has 0 aliphatic rings. The maximum absolute atomic E-state index is 2.23. The number of benzene rings is 4. The number of aryl methyl sites for hydroxylation is 1. The third kappa shape index (κ3) is 4.77. The van der Waals surface area contributed by atoms with Gasteiger partial charge in [0.25, 0.3) is 0 Å². The molecule has 0 spiro atoms. The quantitative estimate of drug-likeness (QED) is 0.298. The number of rotatable bonds is 1. The van der Waals surface area contributed by atoms with Crippen molar-refractivity contribution in [1.29, 1.82) is 0 Å². The van der Waals surface area contributed by atoms with E-state index >= 15 is 0 Å². The lowest BCUT2D eigenvalue weighted by Crippen LogP contribution is -1.88. The molecule has 0 fully saturated rings. The first kappa shape index (κ1) is 22.4. The maximum atomic E-state index is 2.23. The fraction of sp³-hybridized carbons (Fsp3) is 0.259. The largest absolute Gasteiger partial charge is 0.0683 e. The van der Waals surface area contributed by atoms with Crippen LogP contribution in [0.1, 0.15) is 47.1 Å². The zero-order chi connectivity index (χ0) is 20.2. The molecule has 0 atom stereocenters. The Balaban J connectivity index is 0.000000556. The lowest BCUT2D eigenvalue weighted by atomic mass is 9.89. The summed E-state index contributed by atoms with van der Waals surface area (Å²) in [6.07, 6.45) is 0. The Bertz CT molecular complexity index is 877. The highest BCUT2D eigenvalue weighted by Gasteiger charge is 2.11. The molecule has 0 aliphatic heterocycles. The van der Waals surface area contributed by atoms with Crippen molar-refractivity contribution in [2.75, 3.05) is 0 Å². The Labute approximate surface area is 165 Å². The minimum atomic E-state index is 1.28. The fourth-order valence-electron chi connectivity index (χ4n) is 3.26. The Morgan fingerprint density at radius 1 is 0.407 bits per heavy atom. The third-order valence-corrected chi connectivity index (χ3v) is 4.26. The Kier molecular flexibility index (Phi) is 9.90. The van der Waals surface area contributed by atoms with Crippen molar-refractivity contribution in [3.63, 3.8) is 0 Å². The minimum Gasteiger partial charge on any atom is -0.0683 e. The van der Waals surface area contributed by atoms with E-state index in [0.29, 0.717) is 0 Å². The molecule has 0 aliphatic carbocycles. The summed E-state index contributed by atoms with van der Waals surface area (Å²) in [5, 5.41) is 5.35. The van der Waals surface area contributed by atoms with Gasteiger partial charge in [-0.2, -0.15) is 0 Å². The van der Waals surface area contributed by atoms with E-state index in [1.165, 1.54) is 38.2 Å². The van der Waals surface area contributed by atoms with Crippen molar-refractivity contribution < 1.29 is 0 Å². The third-order valence-electron chi connectivity index (χ3n) is 4.26. The topological polar surface area (TPSA) is 0 Å². The lowest BCUT2D eigenvalue weighted by molar-refractivity contribution is 1.50. The van der Waals surface area contributed by atoms with Gasteiger partial charge < -0.3 is 0 Å². The second kappa shape index (κ2) is 11.9. The van der Waals surface area contributed by atoms with Gasteiger partial charge in [0, 0.05) is 0 Å². The van der Waals surface area contributed by atoms with Gasteiger partial charge in [0.1, 0.15) is 0 Å². The lowest BCUT2D eigenvalue weighted by Gasteiger charge is -2.15. The molecule has 0 nitrogen and oxygen atoms in total. The van der Waals surface area contributed by atoms with Crippen molar-refractivity contribution in [3.05, 3.63) is 84.4 Å². The zero-order valence-corrected chi connectivity index (χ0v) is 18.0. The van der Waals surface area contributed by atoms with Crippen LogP contribution in [-0.2, 0) is 0 Å². The zero-order valence-electron chi connectivity index (χ0n) is 18.0. The standard InChI is InChI=1S/C21H16.3C2H6/c1-15-17-11-5-7-13-19(17)21(16-9-3-2-4-10-16)20-14-8-6-12-18(15)20;3*1-2/h2-14H,1H3;3*1-2H3. The van der Waals surface area contributed by atoms with Gasteiger partial charge in [-0.05, 0) is 45.2 Å². The van der Waals surface area contributed by atoms with Crippen molar-refractivity contribution in [1.82, 2.24) is 0 Å². The van der Waals surface area contributed by atoms with Crippen molar-refractivity contribution >= 4 is 21.5 Å². The molecule has 0 bridgehead atoms. The Morgan fingerprint density at radius 2 is 0.741 bits per heavy atom. The second-order valence-electron chi connectivity index (χ2n) is 5.46. The van der Waals surface area contributed by atoms with Gasteiger partial charge in [0.15, 0.2) is 0 Å². The van der Waals surface area contributed by atoms with E-state index in [1.807, 2.05) is 41.5 Å². The van der Waals surface area contributed by atoms with Crippen LogP contribution in [0.5, 0.6) is 0 Å². The Morgan fingerprint density at radius 3 is 1.15 bits per heavy atom. The summed E-state index contributed by atoms with van der Waals surface area (Å²) in [4.78, 5) is 0. The van der Waals surface area contributed by atoms with Gasteiger partial charge >= 0.3 is 0 Å². The summed E-state index contributed by atoms with van der Waals surface area (Å²) in [7, 11) is 0. The predicted octanol–water partition coefficient (Wildman–Crippen LogP) is 9.05. The second-order valence-corrected chi connectivity index (χ2v) is 5.46. The fourth-order valence-corrected chi connectivity index (χ4v) is 3.26. The van der Waals surface area contributed by atoms with Crippen LogP contribution < -0.4 is 0 Å². The van der Waals surface area contributed by atoms with Crippen molar-refractivity contribution in [2.45, 2.75) is 48.5 Å². The number of fused-ring (bicyclic) bond motifs is 2. The van der Waals surface area contributed by atoms with Crippen molar-refractivity contribution in [3.8, 4) is 11.1 Å². The highest BCUT2D eigenvalue weighted by Crippen LogP contribution is 2.38. The van der Waals surface area contributed by atoms with E-state index in [4.69, 9.17) is 0 Å². The molecule has 0 aromatic heterocycles. The summed E-state index contributed by atoms with van der Waals surface area (Å²) in [6.45, 7) is 14.2. The van der Waals surface area contributed by atoms with Crippen LogP contribution in [-0.4, -0.2) is 0 Å². The molecule has 27 heavy (non-hydrogen) atoms. The first-order chi connectivity index (χ1) is 13.4. The molecule has 0 saturated heterocycles. The van der Waals surface area contributed by atoms with Crippen LogP contribution >= 0.6 is 0 Å². The number of hydrogen-bond acceptors (Lipinski definition) is 0. The Hall–Kier alpha value is -2.60. The molecule has 142 valence electrons.